The number of β-amino-alcohol motifs (C(OH)–C–C–N with tert-alkyl or cyclic N) is 1. The predicted molar refractivity (Wildman–Crippen MR) is 134 cm³/mol. The lowest BCUT2D eigenvalue weighted by atomic mass is 9.99. The highest BCUT2D eigenvalue weighted by molar-refractivity contribution is 6.03. The van der Waals surface area contributed by atoms with E-state index in [9.17, 15) is 15.0 Å². The number of hydrogen-bond acceptors (Lipinski definition) is 7. The van der Waals surface area contributed by atoms with Gasteiger partial charge in [-0.2, -0.15) is 0 Å². The minimum atomic E-state index is -0.568. The van der Waals surface area contributed by atoms with Gasteiger partial charge in [0.1, 0.15) is 0 Å². The Morgan fingerprint density at radius 1 is 1.06 bits per heavy atom. The fraction of sp³-hybridized carbons (Fsp3) is 0.357. The fourth-order valence-electron chi connectivity index (χ4n) is 4.72. The molecule has 36 heavy (non-hydrogen) atoms. The molecule has 2 fully saturated rings. The monoisotopic (exact) mass is 489 g/mol. The second-order valence-electron chi connectivity index (χ2n) is 9.37. The summed E-state index contributed by atoms with van der Waals surface area (Å²) in [7, 11) is 0. The van der Waals surface area contributed by atoms with Crippen LogP contribution in [0.5, 0.6) is 0 Å². The molecule has 0 radical (unpaired) electrons. The van der Waals surface area contributed by atoms with Gasteiger partial charge in [-0.3, -0.25) is 14.7 Å². The molecule has 3 aromatic rings. The average molecular weight is 490 g/mol. The minimum absolute atomic E-state index is 0.00111. The Labute approximate surface area is 210 Å². The van der Waals surface area contributed by atoms with Gasteiger partial charge in [0.05, 0.1) is 30.5 Å². The SMILES string of the molecule is O=C(Nc1ccc(C2OC(CN3CCC(O)C3)CC(c3ccc(CO)cc3)O2)cc1)c1cccnc1. The number of nitrogens with zero attached hydrogens (tertiary/aromatic N) is 2. The summed E-state index contributed by atoms with van der Waals surface area (Å²) >= 11 is 0. The molecule has 3 heterocycles. The molecule has 0 aliphatic carbocycles. The number of amides is 1. The highest BCUT2D eigenvalue weighted by Gasteiger charge is 2.34. The van der Waals surface area contributed by atoms with Crippen LogP contribution >= 0.6 is 0 Å². The van der Waals surface area contributed by atoms with Crippen molar-refractivity contribution in [1.29, 1.82) is 0 Å². The maximum atomic E-state index is 12.4. The van der Waals surface area contributed by atoms with Gasteiger partial charge in [0.15, 0.2) is 6.29 Å². The summed E-state index contributed by atoms with van der Waals surface area (Å²) in [6, 6.07) is 18.7. The predicted octanol–water partition coefficient (Wildman–Crippen LogP) is 3.44. The van der Waals surface area contributed by atoms with Gasteiger partial charge in [-0.1, -0.05) is 36.4 Å². The molecule has 3 N–H and O–H groups in total. The zero-order valence-corrected chi connectivity index (χ0v) is 20.0. The molecule has 1 aromatic heterocycles. The van der Waals surface area contributed by atoms with Crippen LogP contribution in [-0.4, -0.2) is 57.8 Å². The van der Waals surface area contributed by atoms with Gasteiger partial charge in [0.2, 0.25) is 0 Å². The molecule has 2 aliphatic rings. The zero-order valence-electron chi connectivity index (χ0n) is 20.0. The van der Waals surface area contributed by atoms with Crippen molar-refractivity contribution >= 4 is 11.6 Å². The molecule has 0 bridgehead atoms. The maximum absolute atomic E-state index is 12.4. The highest BCUT2D eigenvalue weighted by Crippen LogP contribution is 2.38. The van der Waals surface area contributed by atoms with E-state index in [0.29, 0.717) is 24.2 Å². The van der Waals surface area contributed by atoms with Gasteiger partial charge in [-0.25, -0.2) is 0 Å². The Kier molecular flexibility index (Phi) is 7.69. The molecule has 2 saturated heterocycles. The number of nitrogens with one attached hydrogen (secondary N) is 1. The van der Waals surface area contributed by atoms with Crippen LogP contribution in [0.15, 0.2) is 73.1 Å². The van der Waals surface area contributed by atoms with Crippen molar-refractivity contribution in [2.24, 2.45) is 0 Å². The number of carbonyl (C=O) groups is 1. The number of aliphatic hydroxyl groups excluding tert-OH is 2. The zero-order chi connectivity index (χ0) is 24.9. The van der Waals surface area contributed by atoms with Crippen molar-refractivity contribution in [3.8, 4) is 0 Å². The molecule has 0 saturated carbocycles. The molecule has 188 valence electrons. The Bertz CT molecular complexity index is 1140. The number of ether oxygens (including phenoxy) is 2. The number of aliphatic hydroxyl groups is 2. The quantitative estimate of drug-likeness (QED) is 0.467. The molecule has 1 amide bonds. The first kappa shape index (κ1) is 24.5. The van der Waals surface area contributed by atoms with Crippen molar-refractivity contribution in [2.75, 3.05) is 25.0 Å². The summed E-state index contributed by atoms with van der Waals surface area (Å²) in [6.07, 6.45) is 3.55. The Morgan fingerprint density at radius 2 is 1.83 bits per heavy atom. The molecule has 4 atom stereocenters. The van der Waals surface area contributed by atoms with Gasteiger partial charge >= 0.3 is 0 Å². The molecule has 4 unspecified atom stereocenters. The largest absolute Gasteiger partial charge is 0.392 e. The number of likely N-dealkylation sites (tertiary alicyclic amines) is 1. The lowest BCUT2D eigenvalue weighted by Gasteiger charge is -2.37. The normalized spacial score (nSPS) is 24.5. The van der Waals surface area contributed by atoms with E-state index < -0.39 is 6.29 Å². The summed E-state index contributed by atoms with van der Waals surface area (Å²) in [6.45, 7) is 2.24. The van der Waals surface area contributed by atoms with Gasteiger partial charge in [0, 0.05) is 49.7 Å². The van der Waals surface area contributed by atoms with Crippen molar-refractivity contribution < 1.29 is 24.5 Å². The third kappa shape index (κ3) is 5.98. The number of anilines is 1. The van der Waals surface area contributed by atoms with Gasteiger partial charge < -0.3 is 25.0 Å². The summed E-state index contributed by atoms with van der Waals surface area (Å²) in [5.74, 6) is -0.222. The number of hydrogen-bond donors (Lipinski definition) is 3. The van der Waals surface area contributed by atoms with Crippen molar-refractivity contribution in [1.82, 2.24) is 9.88 Å². The second-order valence-corrected chi connectivity index (χ2v) is 9.37. The first-order valence-corrected chi connectivity index (χ1v) is 12.3. The first-order chi connectivity index (χ1) is 17.6. The number of carbonyl (C=O) groups excluding carboxylic acids is 1. The molecule has 0 spiro atoms. The smallest absolute Gasteiger partial charge is 0.257 e. The third-order valence-corrected chi connectivity index (χ3v) is 6.69. The number of rotatable bonds is 7. The molecule has 8 heteroatoms. The van der Waals surface area contributed by atoms with Gasteiger partial charge in [-0.15, -0.1) is 0 Å². The molecule has 2 aromatic carbocycles. The van der Waals surface area contributed by atoms with Crippen LogP contribution in [-0.2, 0) is 16.1 Å². The molecule has 2 aliphatic heterocycles. The van der Waals surface area contributed by atoms with Crippen LogP contribution in [0.25, 0.3) is 0 Å². The standard InChI is InChI=1S/C28H31N3O5/c32-18-19-3-5-20(6-4-19)26-14-25(17-31-13-11-24(33)16-31)35-28(36-26)21-7-9-23(10-8-21)30-27(34)22-2-1-12-29-15-22/h1-10,12,15,24-26,28,32-33H,11,13-14,16-18H2,(H,30,34). The summed E-state index contributed by atoms with van der Waals surface area (Å²) in [5.41, 5.74) is 3.91. The summed E-state index contributed by atoms with van der Waals surface area (Å²) in [5, 5.41) is 22.2. The molecule has 8 nitrogen and oxygen atoms in total. The minimum Gasteiger partial charge on any atom is -0.392 e. The van der Waals surface area contributed by atoms with E-state index in [4.69, 9.17) is 9.47 Å². The van der Waals surface area contributed by atoms with Gasteiger partial charge in [-0.05, 0) is 41.8 Å². The second kappa shape index (κ2) is 11.3. The Hall–Kier alpha value is -3.14. The Balaban J connectivity index is 1.31. The van der Waals surface area contributed by atoms with Crippen molar-refractivity contribution in [3.05, 3.63) is 95.3 Å². The third-order valence-electron chi connectivity index (χ3n) is 6.69. The number of pyridine rings is 1. The van der Waals surface area contributed by atoms with E-state index in [1.165, 1.54) is 6.20 Å². The molecular weight excluding hydrogens is 458 g/mol. The van der Waals surface area contributed by atoms with Crippen LogP contribution < -0.4 is 5.32 Å². The maximum Gasteiger partial charge on any atom is 0.257 e. The van der Waals surface area contributed by atoms with Crippen molar-refractivity contribution in [2.45, 2.75) is 44.1 Å². The molecule has 5 rings (SSSR count). The van der Waals surface area contributed by atoms with E-state index >= 15 is 0 Å². The summed E-state index contributed by atoms with van der Waals surface area (Å²) in [4.78, 5) is 18.7. The Morgan fingerprint density at radius 3 is 2.50 bits per heavy atom. The van der Waals surface area contributed by atoms with Crippen LogP contribution in [0, 0.1) is 0 Å². The lowest BCUT2D eigenvalue weighted by molar-refractivity contribution is -0.252. The van der Waals surface area contributed by atoms with E-state index in [1.807, 2.05) is 48.5 Å². The van der Waals surface area contributed by atoms with Crippen molar-refractivity contribution in [3.63, 3.8) is 0 Å². The number of benzene rings is 2. The number of aromatic nitrogens is 1. The van der Waals surface area contributed by atoms with E-state index in [2.05, 4.69) is 15.2 Å². The van der Waals surface area contributed by atoms with E-state index in [-0.39, 0.29) is 30.8 Å². The van der Waals surface area contributed by atoms with Crippen LogP contribution in [0.3, 0.4) is 0 Å². The summed E-state index contributed by atoms with van der Waals surface area (Å²) < 4.78 is 12.8. The fourth-order valence-corrected chi connectivity index (χ4v) is 4.72. The average Bonchev–Trinajstić information content (AvgIpc) is 3.33. The van der Waals surface area contributed by atoms with Crippen LogP contribution in [0.4, 0.5) is 5.69 Å². The van der Waals surface area contributed by atoms with Crippen LogP contribution in [0.1, 0.15) is 52.3 Å². The molecular formula is C28H31N3O5. The topological polar surface area (TPSA) is 104 Å². The lowest BCUT2D eigenvalue weighted by Crippen LogP contribution is -2.38. The first-order valence-electron chi connectivity index (χ1n) is 12.3. The van der Waals surface area contributed by atoms with Crippen LogP contribution in [0.2, 0.25) is 0 Å². The highest BCUT2D eigenvalue weighted by atomic mass is 16.7. The van der Waals surface area contributed by atoms with E-state index in [1.54, 1.807) is 18.3 Å². The van der Waals surface area contributed by atoms with Gasteiger partial charge in [0.25, 0.3) is 5.91 Å². The van der Waals surface area contributed by atoms with E-state index in [0.717, 1.165) is 36.2 Å².